The highest BCUT2D eigenvalue weighted by atomic mass is 16.5. The third kappa shape index (κ3) is 3.60. The lowest BCUT2D eigenvalue weighted by Gasteiger charge is -2.16. The van der Waals surface area contributed by atoms with E-state index >= 15 is 0 Å². The van der Waals surface area contributed by atoms with E-state index in [4.69, 9.17) is 9.26 Å². The fourth-order valence-corrected chi connectivity index (χ4v) is 1.79. The monoisotopic (exact) mass is 274 g/mol. The van der Waals surface area contributed by atoms with Crippen molar-refractivity contribution in [3.63, 3.8) is 0 Å². The maximum Gasteiger partial charge on any atom is 0.260 e. The molecule has 0 saturated heterocycles. The topological polar surface area (TPSA) is 55.6 Å². The molecule has 1 aromatic heterocycles. The van der Waals surface area contributed by atoms with E-state index in [2.05, 4.69) is 5.16 Å². The van der Waals surface area contributed by atoms with Crippen LogP contribution in [0.4, 0.5) is 0 Å². The summed E-state index contributed by atoms with van der Waals surface area (Å²) in [7, 11) is 1.72. The van der Waals surface area contributed by atoms with Crippen molar-refractivity contribution < 1.29 is 14.1 Å². The zero-order valence-corrected chi connectivity index (χ0v) is 11.9. The molecule has 0 fully saturated rings. The van der Waals surface area contributed by atoms with Crippen molar-refractivity contribution >= 4 is 5.91 Å². The van der Waals surface area contributed by atoms with Gasteiger partial charge in [-0.3, -0.25) is 4.79 Å². The van der Waals surface area contributed by atoms with Gasteiger partial charge in [-0.2, -0.15) is 0 Å². The molecular formula is C15H18N2O3. The Hall–Kier alpha value is -2.30. The van der Waals surface area contributed by atoms with E-state index in [0.717, 1.165) is 22.8 Å². The number of aryl methyl sites for hydroxylation is 2. The Labute approximate surface area is 118 Å². The largest absolute Gasteiger partial charge is 0.484 e. The van der Waals surface area contributed by atoms with Gasteiger partial charge in [0, 0.05) is 13.1 Å². The van der Waals surface area contributed by atoms with Crippen LogP contribution in [-0.4, -0.2) is 29.6 Å². The molecule has 0 unspecified atom stereocenters. The molecule has 1 amide bonds. The number of benzene rings is 1. The lowest BCUT2D eigenvalue weighted by Crippen LogP contribution is -2.31. The van der Waals surface area contributed by atoms with Gasteiger partial charge < -0.3 is 14.2 Å². The number of hydrogen-bond acceptors (Lipinski definition) is 4. The lowest BCUT2D eigenvalue weighted by molar-refractivity contribution is -0.132. The molecule has 1 aromatic carbocycles. The van der Waals surface area contributed by atoms with Crippen LogP contribution in [0.3, 0.4) is 0 Å². The number of para-hydroxylation sites is 1. The predicted molar refractivity (Wildman–Crippen MR) is 74.4 cm³/mol. The smallest absolute Gasteiger partial charge is 0.260 e. The van der Waals surface area contributed by atoms with Gasteiger partial charge in [-0.25, -0.2) is 0 Å². The van der Waals surface area contributed by atoms with Crippen LogP contribution in [0.15, 0.2) is 34.9 Å². The average molecular weight is 274 g/mol. The van der Waals surface area contributed by atoms with Crippen molar-refractivity contribution in [2.45, 2.75) is 20.4 Å². The molecule has 0 spiro atoms. The summed E-state index contributed by atoms with van der Waals surface area (Å²) < 4.78 is 10.5. The minimum absolute atomic E-state index is 0.0121. The second kappa shape index (κ2) is 6.23. The molecule has 0 atom stereocenters. The second-order valence-corrected chi connectivity index (χ2v) is 4.73. The first-order chi connectivity index (χ1) is 9.56. The fourth-order valence-electron chi connectivity index (χ4n) is 1.79. The molecule has 0 aliphatic rings. The molecule has 0 radical (unpaired) electrons. The van der Waals surface area contributed by atoms with Gasteiger partial charge >= 0.3 is 0 Å². The van der Waals surface area contributed by atoms with Gasteiger partial charge in [0.15, 0.2) is 6.61 Å². The molecule has 1 heterocycles. The van der Waals surface area contributed by atoms with Crippen LogP contribution in [-0.2, 0) is 11.3 Å². The summed E-state index contributed by atoms with van der Waals surface area (Å²) in [5.74, 6) is 1.36. The summed E-state index contributed by atoms with van der Waals surface area (Å²) in [4.78, 5) is 13.5. The molecule has 5 nitrogen and oxygen atoms in total. The van der Waals surface area contributed by atoms with Gasteiger partial charge in [-0.1, -0.05) is 23.4 Å². The Morgan fingerprint density at radius 1 is 1.35 bits per heavy atom. The normalized spacial score (nSPS) is 10.3. The van der Waals surface area contributed by atoms with Gasteiger partial charge in [0.1, 0.15) is 17.2 Å². The van der Waals surface area contributed by atoms with Crippen LogP contribution in [0.2, 0.25) is 0 Å². The number of rotatable bonds is 5. The predicted octanol–water partition coefficient (Wildman–Crippen LogP) is 2.33. The second-order valence-electron chi connectivity index (χ2n) is 4.73. The van der Waals surface area contributed by atoms with Gasteiger partial charge in [0.2, 0.25) is 0 Å². The summed E-state index contributed by atoms with van der Waals surface area (Å²) in [5, 5.41) is 3.86. The number of ether oxygens (including phenoxy) is 1. The van der Waals surface area contributed by atoms with Crippen LogP contribution in [0.1, 0.15) is 17.0 Å². The third-order valence-electron chi connectivity index (χ3n) is 2.95. The Kier molecular flexibility index (Phi) is 4.40. The first-order valence-corrected chi connectivity index (χ1v) is 6.41. The Morgan fingerprint density at radius 2 is 2.10 bits per heavy atom. The Balaban J connectivity index is 1.87. The first kappa shape index (κ1) is 14.1. The number of nitrogens with zero attached hydrogens (tertiary/aromatic N) is 2. The van der Waals surface area contributed by atoms with E-state index in [1.165, 1.54) is 0 Å². The third-order valence-corrected chi connectivity index (χ3v) is 2.95. The highest BCUT2D eigenvalue weighted by Gasteiger charge is 2.12. The quantitative estimate of drug-likeness (QED) is 0.839. The summed E-state index contributed by atoms with van der Waals surface area (Å²) in [6, 6.07) is 9.43. The van der Waals surface area contributed by atoms with Crippen molar-refractivity contribution in [2.75, 3.05) is 13.7 Å². The average Bonchev–Trinajstić information content (AvgIpc) is 2.82. The number of carbonyl (C=O) groups excluding carboxylic acids is 1. The molecular weight excluding hydrogens is 256 g/mol. The zero-order chi connectivity index (χ0) is 14.5. The highest BCUT2D eigenvalue weighted by Crippen LogP contribution is 2.16. The van der Waals surface area contributed by atoms with E-state index in [1.54, 1.807) is 11.9 Å². The van der Waals surface area contributed by atoms with Crippen molar-refractivity contribution in [1.82, 2.24) is 10.1 Å². The SMILES string of the molecule is Cc1cc(CN(C)C(=O)COc2ccccc2C)no1. The molecule has 0 N–H and O–H groups in total. The van der Waals surface area contributed by atoms with Gasteiger partial charge in [0.05, 0.1) is 6.54 Å². The number of hydrogen-bond donors (Lipinski definition) is 0. The molecule has 0 aliphatic carbocycles. The van der Waals surface area contributed by atoms with Gasteiger partial charge in [-0.15, -0.1) is 0 Å². The summed E-state index contributed by atoms with van der Waals surface area (Å²) in [6.07, 6.45) is 0. The van der Waals surface area contributed by atoms with Crippen LogP contribution >= 0.6 is 0 Å². The van der Waals surface area contributed by atoms with E-state index in [1.807, 2.05) is 44.2 Å². The summed E-state index contributed by atoms with van der Waals surface area (Å²) >= 11 is 0. The first-order valence-electron chi connectivity index (χ1n) is 6.41. The van der Waals surface area contributed by atoms with E-state index in [9.17, 15) is 4.79 Å². The van der Waals surface area contributed by atoms with Crippen molar-refractivity contribution in [3.05, 3.63) is 47.3 Å². The zero-order valence-electron chi connectivity index (χ0n) is 11.9. The molecule has 2 rings (SSSR count). The molecule has 0 saturated carbocycles. The number of likely N-dealkylation sites (N-methyl/N-ethyl adjacent to an activating group) is 1. The highest BCUT2D eigenvalue weighted by molar-refractivity contribution is 5.77. The van der Waals surface area contributed by atoms with Crippen molar-refractivity contribution in [1.29, 1.82) is 0 Å². The Bertz CT molecular complexity index is 592. The minimum atomic E-state index is -0.103. The van der Waals surface area contributed by atoms with Gasteiger partial charge in [0.25, 0.3) is 5.91 Å². The Morgan fingerprint density at radius 3 is 2.75 bits per heavy atom. The number of carbonyl (C=O) groups is 1. The fraction of sp³-hybridized carbons (Fsp3) is 0.333. The van der Waals surface area contributed by atoms with E-state index in [0.29, 0.717) is 6.54 Å². The van der Waals surface area contributed by atoms with Crippen LogP contribution < -0.4 is 4.74 Å². The lowest BCUT2D eigenvalue weighted by atomic mass is 10.2. The molecule has 20 heavy (non-hydrogen) atoms. The van der Waals surface area contributed by atoms with Crippen molar-refractivity contribution in [2.24, 2.45) is 0 Å². The number of amides is 1. The summed E-state index contributed by atoms with van der Waals surface area (Å²) in [5.41, 5.74) is 1.74. The van der Waals surface area contributed by atoms with Gasteiger partial charge in [-0.05, 0) is 25.5 Å². The van der Waals surface area contributed by atoms with Crippen LogP contribution in [0.5, 0.6) is 5.75 Å². The van der Waals surface area contributed by atoms with E-state index in [-0.39, 0.29) is 12.5 Å². The maximum atomic E-state index is 12.0. The minimum Gasteiger partial charge on any atom is -0.484 e. The van der Waals surface area contributed by atoms with Crippen molar-refractivity contribution in [3.8, 4) is 5.75 Å². The van der Waals surface area contributed by atoms with E-state index < -0.39 is 0 Å². The number of aromatic nitrogens is 1. The molecule has 5 heteroatoms. The molecule has 2 aromatic rings. The summed E-state index contributed by atoms with van der Waals surface area (Å²) in [6.45, 7) is 4.19. The molecule has 0 aliphatic heterocycles. The molecule has 0 bridgehead atoms. The molecule has 106 valence electrons. The maximum absolute atomic E-state index is 12.0. The van der Waals surface area contributed by atoms with Crippen LogP contribution in [0, 0.1) is 13.8 Å². The standard InChI is InChI=1S/C15H18N2O3/c1-11-6-4-5-7-14(11)19-10-15(18)17(3)9-13-8-12(2)20-16-13/h4-8H,9-10H2,1-3H3. The van der Waals surface area contributed by atoms with Crippen LogP contribution in [0.25, 0.3) is 0 Å².